The lowest BCUT2D eigenvalue weighted by molar-refractivity contribution is 0.0761. The van der Waals surface area contributed by atoms with Crippen molar-refractivity contribution in [3.8, 4) is 0 Å². The molecule has 1 rings (SSSR count). The molecule has 1 atom stereocenters. The number of nitrogens with one attached hydrogen (secondary N) is 1. The van der Waals surface area contributed by atoms with Gasteiger partial charge in [-0.2, -0.15) is 0 Å². The summed E-state index contributed by atoms with van der Waals surface area (Å²) < 4.78 is 5.37. The van der Waals surface area contributed by atoms with Crippen LogP contribution < -0.4 is 5.32 Å². The van der Waals surface area contributed by atoms with Gasteiger partial charge in [-0.25, -0.2) is 4.79 Å². The highest BCUT2D eigenvalue weighted by atomic mass is 16.5. The molecule has 0 aromatic heterocycles. The number of rotatable bonds is 4. The van der Waals surface area contributed by atoms with Crippen molar-refractivity contribution in [3.63, 3.8) is 0 Å². The average molecular weight is 228 g/mol. The standard InChI is InChI=1S/C12H24N2O2/c1-3-16-11(2)10-13-12(15)14-8-6-4-5-7-9-14/h11H,3-10H2,1-2H3,(H,13,15). The van der Waals surface area contributed by atoms with Crippen LogP contribution in [0.2, 0.25) is 0 Å². The summed E-state index contributed by atoms with van der Waals surface area (Å²) in [6.45, 7) is 7.03. The topological polar surface area (TPSA) is 41.6 Å². The van der Waals surface area contributed by atoms with Gasteiger partial charge in [0.2, 0.25) is 0 Å². The number of nitrogens with zero attached hydrogens (tertiary/aromatic N) is 1. The summed E-state index contributed by atoms with van der Waals surface area (Å²) in [7, 11) is 0. The molecule has 1 heterocycles. The molecule has 0 bridgehead atoms. The van der Waals surface area contributed by atoms with Crippen molar-refractivity contribution in [1.82, 2.24) is 10.2 Å². The number of hydrogen-bond acceptors (Lipinski definition) is 2. The second kappa shape index (κ2) is 7.49. The predicted molar refractivity (Wildman–Crippen MR) is 64.5 cm³/mol. The Morgan fingerprint density at radius 1 is 1.31 bits per heavy atom. The van der Waals surface area contributed by atoms with Crippen LogP contribution in [0.25, 0.3) is 0 Å². The highest BCUT2D eigenvalue weighted by Crippen LogP contribution is 2.09. The molecule has 0 aliphatic carbocycles. The summed E-state index contributed by atoms with van der Waals surface area (Å²) in [6, 6.07) is 0.0634. The molecule has 0 spiro atoms. The van der Waals surface area contributed by atoms with Crippen LogP contribution in [0.5, 0.6) is 0 Å². The highest BCUT2D eigenvalue weighted by molar-refractivity contribution is 5.74. The van der Waals surface area contributed by atoms with Gasteiger partial charge in [-0.3, -0.25) is 0 Å². The van der Waals surface area contributed by atoms with Crippen LogP contribution in [0.1, 0.15) is 39.5 Å². The number of hydrogen-bond donors (Lipinski definition) is 1. The van der Waals surface area contributed by atoms with Crippen LogP contribution >= 0.6 is 0 Å². The molecule has 1 aliphatic rings. The van der Waals surface area contributed by atoms with E-state index in [9.17, 15) is 4.79 Å². The SMILES string of the molecule is CCOC(C)CNC(=O)N1CCCCCC1. The Bertz CT molecular complexity index is 201. The monoisotopic (exact) mass is 228 g/mol. The van der Waals surface area contributed by atoms with Crippen LogP contribution in [0.3, 0.4) is 0 Å². The molecular weight excluding hydrogens is 204 g/mol. The summed E-state index contributed by atoms with van der Waals surface area (Å²) in [6.07, 6.45) is 4.86. The third kappa shape index (κ3) is 4.84. The minimum Gasteiger partial charge on any atom is -0.377 e. The van der Waals surface area contributed by atoms with Gasteiger partial charge >= 0.3 is 6.03 Å². The average Bonchev–Trinajstić information content (AvgIpc) is 2.55. The maximum atomic E-state index is 11.8. The van der Waals surface area contributed by atoms with Crippen molar-refractivity contribution < 1.29 is 9.53 Å². The number of ether oxygens (including phenoxy) is 1. The van der Waals surface area contributed by atoms with Gasteiger partial charge in [0.15, 0.2) is 0 Å². The van der Waals surface area contributed by atoms with E-state index in [1.807, 2.05) is 18.7 Å². The molecule has 1 aliphatic heterocycles. The van der Waals surface area contributed by atoms with Crippen LogP contribution in [0.15, 0.2) is 0 Å². The van der Waals surface area contributed by atoms with Gasteiger partial charge < -0.3 is 15.0 Å². The Morgan fingerprint density at radius 3 is 2.50 bits per heavy atom. The minimum atomic E-state index is 0.0634. The first-order chi connectivity index (χ1) is 7.74. The van der Waals surface area contributed by atoms with Gasteiger partial charge in [-0.05, 0) is 26.7 Å². The highest BCUT2D eigenvalue weighted by Gasteiger charge is 2.15. The van der Waals surface area contributed by atoms with Crippen molar-refractivity contribution in [2.24, 2.45) is 0 Å². The van der Waals surface area contributed by atoms with E-state index in [1.54, 1.807) is 0 Å². The van der Waals surface area contributed by atoms with Gasteiger partial charge in [0.1, 0.15) is 0 Å². The third-order valence-electron chi connectivity index (χ3n) is 2.89. The molecule has 0 radical (unpaired) electrons. The van der Waals surface area contributed by atoms with Crippen molar-refractivity contribution >= 4 is 6.03 Å². The number of carbonyl (C=O) groups is 1. The Balaban J connectivity index is 2.22. The molecule has 4 heteroatoms. The maximum absolute atomic E-state index is 11.8. The van der Waals surface area contributed by atoms with Gasteiger partial charge in [-0.15, -0.1) is 0 Å². The fourth-order valence-corrected chi connectivity index (χ4v) is 1.96. The Labute approximate surface area is 98.3 Å². The Hall–Kier alpha value is -0.770. The van der Waals surface area contributed by atoms with Gasteiger partial charge in [0, 0.05) is 26.2 Å². The lowest BCUT2D eigenvalue weighted by Gasteiger charge is -2.22. The molecule has 0 aromatic carbocycles. The van der Waals surface area contributed by atoms with E-state index in [-0.39, 0.29) is 12.1 Å². The molecule has 2 amide bonds. The van der Waals surface area contributed by atoms with Crippen LogP contribution in [0.4, 0.5) is 4.79 Å². The number of amides is 2. The van der Waals surface area contributed by atoms with Crippen molar-refractivity contribution in [2.75, 3.05) is 26.2 Å². The third-order valence-corrected chi connectivity index (χ3v) is 2.89. The van der Waals surface area contributed by atoms with Crippen molar-refractivity contribution in [1.29, 1.82) is 0 Å². The van der Waals surface area contributed by atoms with Crippen LogP contribution in [-0.2, 0) is 4.74 Å². The lowest BCUT2D eigenvalue weighted by Crippen LogP contribution is -2.43. The zero-order chi connectivity index (χ0) is 11.8. The predicted octanol–water partition coefficient (Wildman–Crippen LogP) is 2.00. The second-order valence-corrected chi connectivity index (χ2v) is 4.35. The van der Waals surface area contributed by atoms with Gasteiger partial charge in [-0.1, -0.05) is 12.8 Å². The second-order valence-electron chi connectivity index (χ2n) is 4.35. The molecular formula is C12H24N2O2. The first kappa shape index (κ1) is 13.3. The minimum absolute atomic E-state index is 0.0634. The van der Waals surface area contributed by atoms with Gasteiger partial charge in [0.05, 0.1) is 6.10 Å². The molecule has 0 aromatic rings. The van der Waals surface area contributed by atoms with E-state index in [0.29, 0.717) is 13.2 Å². The molecule has 1 saturated heterocycles. The van der Waals surface area contributed by atoms with Crippen molar-refractivity contribution in [3.05, 3.63) is 0 Å². The Kier molecular flexibility index (Phi) is 6.23. The van der Waals surface area contributed by atoms with Gasteiger partial charge in [0.25, 0.3) is 0 Å². The smallest absolute Gasteiger partial charge is 0.317 e. The zero-order valence-corrected chi connectivity index (χ0v) is 10.5. The summed E-state index contributed by atoms with van der Waals surface area (Å²) >= 11 is 0. The molecule has 1 N–H and O–H groups in total. The Morgan fingerprint density at radius 2 is 1.94 bits per heavy atom. The van der Waals surface area contributed by atoms with E-state index in [1.165, 1.54) is 12.8 Å². The largest absolute Gasteiger partial charge is 0.377 e. The first-order valence-electron chi connectivity index (χ1n) is 6.38. The first-order valence-corrected chi connectivity index (χ1v) is 6.38. The summed E-state index contributed by atoms with van der Waals surface area (Å²) in [4.78, 5) is 13.7. The van der Waals surface area contributed by atoms with E-state index in [2.05, 4.69) is 5.32 Å². The van der Waals surface area contributed by atoms with E-state index >= 15 is 0 Å². The molecule has 0 saturated carbocycles. The van der Waals surface area contributed by atoms with E-state index in [4.69, 9.17) is 4.74 Å². The van der Waals surface area contributed by atoms with Crippen molar-refractivity contribution in [2.45, 2.75) is 45.6 Å². The number of likely N-dealkylation sites (tertiary alicyclic amines) is 1. The zero-order valence-electron chi connectivity index (χ0n) is 10.5. The lowest BCUT2D eigenvalue weighted by atomic mass is 10.2. The number of urea groups is 1. The van der Waals surface area contributed by atoms with E-state index in [0.717, 1.165) is 25.9 Å². The molecule has 1 fully saturated rings. The molecule has 16 heavy (non-hydrogen) atoms. The van der Waals surface area contributed by atoms with Crippen LogP contribution in [0, 0.1) is 0 Å². The molecule has 94 valence electrons. The number of carbonyl (C=O) groups excluding carboxylic acids is 1. The fraction of sp³-hybridized carbons (Fsp3) is 0.917. The quantitative estimate of drug-likeness (QED) is 0.799. The maximum Gasteiger partial charge on any atom is 0.317 e. The molecule has 4 nitrogen and oxygen atoms in total. The van der Waals surface area contributed by atoms with Crippen LogP contribution in [-0.4, -0.2) is 43.3 Å². The summed E-state index contributed by atoms with van der Waals surface area (Å²) in [5.41, 5.74) is 0. The normalized spacial score (nSPS) is 19.0. The summed E-state index contributed by atoms with van der Waals surface area (Å²) in [5.74, 6) is 0. The van der Waals surface area contributed by atoms with E-state index < -0.39 is 0 Å². The fourth-order valence-electron chi connectivity index (χ4n) is 1.96. The summed E-state index contributed by atoms with van der Waals surface area (Å²) in [5, 5.41) is 2.93. The molecule has 1 unspecified atom stereocenters.